The summed E-state index contributed by atoms with van der Waals surface area (Å²) in [5, 5.41) is 2.83. The van der Waals surface area contributed by atoms with E-state index in [9.17, 15) is 4.79 Å². The molecule has 26 heavy (non-hydrogen) atoms. The van der Waals surface area contributed by atoms with E-state index in [1.165, 1.54) is 0 Å². The van der Waals surface area contributed by atoms with Crippen LogP contribution in [0.1, 0.15) is 17.4 Å². The van der Waals surface area contributed by atoms with Gasteiger partial charge in [0.25, 0.3) is 5.91 Å². The van der Waals surface area contributed by atoms with Crippen LogP contribution >= 0.6 is 0 Å². The van der Waals surface area contributed by atoms with Crippen LogP contribution in [-0.4, -0.2) is 24.5 Å². The highest BCUT2D eigenvalue weighted by Gasteiger charge is 2.12. The molecule has 3 rings (SSSR count). The van der Waals surface area contributed by atoms with Crippen LogP contribution in [0.25, 0.3) is 0 Å². The topological polar surface area (TPSA) is 54.5 Å². The van der Waals surface area contributed by atoms with Gasteiger partial charge in [0.1, 0.15) is 11.4 Å². The summed E-state index contributed by atoms with van der Waals surface area (Å²) in [7, 11) is 1.57. The maximum atomic E-state index is 12.5. The number of pyridine rings is 1. The van der Waals surface area contributed by atoms with E-state index in [4.69, 9.17) is 4.74 Å². The van der Waals surface area contributed by atoms with E-state index in [2.05, 4.69) is 22.1 Å². The second-order valence-electron chi connectivity index (χ2n) is 5.64. The molecule has 1 heterocycles. The summed E-state index contributed by atoms with van der Waals surface area (Å²) in [5.41, 5.74) is 2.99. The number of hydrogen-bond donors (Lipinski definition) is 1. The standard InChI is InChI=1S/C21H21N3O2/c1-3-24(16-9-5-4-6-10-16)17-13-14-19(22-15-17)21(25)23-18-11-7-8-12-20(18)26-2/h4-15H,3H2,1-2H3,(H,23,25). The Morgan fingerprint density at radius 3 is 2.38 bits per heavy atom. The zero-order valence-corrected chi connectivity index (χ0v) is 14.8. The van der Waals surface area contributed by atoms with Crippen LogP contribution < -0.4 is 15.0 Å². The molecule has 0 unspecified atom stereocenters. The fraction of sp³-hybridized carbons (Fsp3) is 0.143. The molecule has 0 atom stereocenters. The maximum Gasteiger partial charge on any atom is 0.274 e. The summed E-state index contributed by atoms with van der Waals surface area (Å²) < 4.78 is 5.25. The van der Waals surface area contributed by atoms with Gasteiger partial charge in [-0.25, -0.2) is 4.98 Å². The van der Waals surface area contributed by atoms with Crippen LogP contribution in [0.15, 0.2) is 72.9 Å². The normalized spacial score (nSPS) is 10.2. The fourth-order valence-corrected chi connectivity index (χ4v) is 2.74. The molecule has 0 saturated carbocycles. The Hall–Kier alpha value is -3.34. The van der Waals surface area contributed by atoms with Crippen molar-refractivity contribution in [2.24, 2.45) is 0 Å². The third kappa shape index (κ3) is 3.83. The highest BCUT2D eigenvalue weighted by Crippen LogP contribution is 2.25. The van der Waals surface area contributed by atoms with Gasteiger partial charge in [-0.15, -0.1) is 0 Å². The molecule has 0 aliphatic rings. The number of benzene rings is 2. The van der Waals surface area contributed by atoms with Crippen LogP contribution in [0.2, 0.25) is 0 Å². The van der Waals surface area contributed by atoms with Crippen molar-refractivity contribution in [3.8, 4) is 5.75 Å². The number of nitrogens with zero attached hydrogens (tertiary/aromatic N) is 2. The van der Waals surface area contributed by atoms with Crippen molar-refractivity contribution in [2.45, 2.75) is 6.92 Å². The molecule has 2 aromatic carbocycles. The molecule has 1 N–H and O–H groups in total. The number of nitrogens with one attached hydrogen (secondary N) is 1. The average Bonchev–Trinajstić information content (AvgIpc) is 2.70. The number of anilines is 3. The first kappa shape index (κ1) is 17.5. The molecular formula is C21H21N3O2. The number of amides is 1. The smallest absolute Gasteiger partial charge is 0.274 e. The number of carbonyl (C=O) groups excluding carboxylic acids is 1. The number of carbonyl (C=O) groups is 1. The second kappa shape index (κ2) is 8.16. The minimum Gasteiger partial charge on any atom is -0.495 e. The zero-order valence-electron chi connectivity index (χ0n) is 14.8. The van der Waals surface area contributed by atoms with Gasteiger partial charge in [0, 0.05) is 12.2 Å². The molecule has 3 aromatic rings. The molecule has 1 aromatic heterocycles. The Bertz CT molecular complexity index is 864. The number of ether oxygens (including phenoxy) is 1. The molecule has 0 spiro atoms. The first-order valence-electron chi connectivity index (χ1n) is 8.46. The number of rotatable bonds is 6. The average molecular weight is 347 g/mol. The second-order valence-corrected chi connectivity index (χ2v) is 5.64. The molecule has 1 amide bonds. The van der Waals surface area contributed by atoms with Crippen molar-refractivity contribution in [3.05, 3.63) is 78.6 Å². The molecular weight excluding hydrogens is 326 g/mol. The Labute approximate surface area is 153 Å². The largest absolute Gasteiger partial charge is 0.495 e. The van der Waals surface area contributed by atoms with Crippen molar-refractivity contribution in [2.75, 3.05) is 23.9 Å². The van der Waals surface area contributed by atoms with E-state index in [1.807, 2.05) is 48.5 Å². The maximum absolute atomic E-state index is 12.5. The van der Waals surface area contributed by atoms with Crippen molar-refractivity contribution in [3.63, 3.8) is 0 Å². The molecule has 0 aliphatic heterocycles. The Balaban J connectivity index is 1.77. The van der Waals surface area contributed by atoms with Gasteiger partial charge >= 0.3 is 0 Å². The van der Waals surface area contributed by atoms with Crippen LogP contribution in [-0.2, 0) is 0 Å². The molecule has 5 nitrogen and oxygen atoms in total. The molecule has 0 bridgehead atoms. The van der Waals surface area contributed by atoms with Crippen LogP contribution in [0.5, 0.6) is 5.75 Å². The van der Waals surface area contributed by atoms with Crippen LogP contribution in [0.4, 0.5) is 17.1 Å². The van der Waals surface area contributed by atoms with Gasteiger partial charge in [-0.05, 0) is 43.3 Å². The lowest BCUT2D eigenvalue weighted by molar-refractivity contribution is 0.102. The van der Waals surface area contributed by atoms with Gasteiger partial charge < -0.3 is 15.0 Å². The van der Waals surface area contributed by atoms with E-state index in [1.54, 1.807) is 31.5 Å². The van der Waals surface area contributed by atoms with Gasteiger partial charge in [-0.2, -0.15) is 0 Å². The lowest BCUT2D eigenvalue weighted by atomic mass is 10.2. The Kier molecular flexibility index (Phi) is 5.49. The summed E-state index contributed by atoms with van der Waals surface area (Å²) in [6.07, 6.45) is 1.72. The molecule has 5 heteroatoms. The molecule has 132 valence electrons. The predicted octanol–water partition coefficient (Wildman–Crippen LogP) is 4.50. The highest BCUT2D eigenvalue weighted by molar-refractivity contribution is 6.03. The number of para-hydroxylation sites is 3. The van der Waals surface area contributed by atoms with Crippen LogP contribution in [0.3, 0.4) is 0 Å². The van der Waals surface area contributed by atoms with Crippen molar-refractivity contribution in [1.29, 1.82) is 0 Å². The van der Waals surface area contributed by atoms with Crippen LogP contribution in [0, 0.1) is 0 Å². The molecule has 0 radical (unpaired) electrons. The Morgan fingerprint density at radius 2 is 1.73 bits per heavy atom. The van der Waals surface area contributed by atoms with Gasteiger partial charge in [0.2, 0.25) is 0 Å². The summed E-state index contributed by atoms with van der Waals surface area (Å²) in [4.78, 5) is 18.9. The highest BCUT2D eigenvalue weighted by atomic mass is 16.5. The molecule has 0 aliphatic carbocycles. The lowest BCUT2D eigenvalue weighted by Crippen LogP contribution is -2.18. The number of hydrogen-bond acceptors (Lipinski definition) is 4. The first-order chi connectivity index (χ1) is 12.7. The summed E-state index contributed by atoms with van der Waals surface area (Å²) >= 11 is 0. The zero-order chi connectivity index (χ0) is 18.4. The predicted molar refractivity (Wildman–Crippen MR) is 104 cm³/mol. The van der Waals surface area contributed by atoms with E-state index >= 15 is 0 Å². The van der Waals surface area contributed by atoms with Crippen molar-refractivity contribution in [1.82, 2.24) is 4.98 Å². The van der Waals surface area contributed by atoms with E-state index in [-0.39, 0.29) is 5.91 Å². The third-order valence-corrected chi connectivity index (χ3v) is 4.03. The monoisotopic (exact) mass is 347 g/mol. The van der Waals surface area contributed by atoms with Gasteiger partial charge in [0.05, 0.1) is 24.7 Å². The van der Waals surface area contributed by atoms with Crippen molar-refractivity contribution >= 4 is 23.0 Å². The molecule has 0 fully saturated rings. The van der Waals surface area contributed by atoms with E-state index in [0.29, 0.717) is 17.1 Å². The van der Waals surface area contributed by atoms with E-state index < -0.39 is 0 Å². The van der Waals surface area contributed by atoms with Gasteiger partial charge in [0.15, 0.2) is 0 Å². The van der Waals surface area contributed by atoms with Gasteiger partial charge in [-0.3, -0.25) is 4.79 Å². The van der Waals surface area contributed by atoms with Crippen molar-refractivity contribution < 1.29 is 9.53 Å². The Morgan fingerprint density at radius 1 is 1.00 bits per heavy atom. The fourth-order valence-electron chi connectivity index (χ4n) is 2.74. The van der Waals surface area contributed by atoms with E-state index in [0.717, 1.165) is 17.9 Å². The minimum absolute atomic E-state index is 0.274. The third-order valence-electron chi connectivity index (χ3n) is 4.03. The minimum atomic E-state index is -0.274. The quantitative estimate of drug-likeness (QED) is 0.713. The summed E-state index contributed by atoms with van der Waals surface area (Å²) in [5.74, 6) is 0.336. The lowest BCUT2D eigenvalue weighted by Gasteiger charge is -2.23. The number of methoxy groups -OCH3 is 1. The van der Waals surface area contributed by atoms with Gasteiger partial charge in [-0.1, -0.05) is 30.3 Å². The summed E-state index contributed by atoms with van der Waals surface area (Å²) in [6, 6.07) is 21.0. The SMILES string of the molecule is CCN(c1ccccc1)c1ccc(C(=O)Nc2ccccc2OC)nc1. The first-order valence-corrected chi connectivity index (χ1v) is 8.46. The number of aromatic nitrogens is 1. The molecule has 0 saturated heterocycles. The summed E-state index contributed by atoms with van der Waals surface area (Å²) in [6.45, 7) is 2.88.